The summed E-state index contributed by atoms with van der Waals surface area (Å²) in [5.41, 5.74) is 15.9. The second kappa shape index (κ2) is 11.1. The first-order valence-electron chi connectivity index (χ1n) is 11.9. The van der Waals surface area contributed by atoms with Gasteiger partial charge in [-0.2, -0.15) is 0 Å². The van der Waals surface area contributed by atoms with Crippen LogP contribution in [0.5, 0.6) is 0 Å². The number of carbonyl (C=O) groups excluding carboxylic acids is 2. The van der Waals surface area contributed by atoms with E-state index in [0.29, 0.717) is 0 Å². The molecule has 35 heavy (non-hydrogen) atoms. The van der Waals surface area contributed by atoms with Crippen LogP contribution in [0.25, 0.3) is 0 Å². The van der Waals surface area contributed by atoms with Crippen molar-refractivity contribution in [2.45, 2.75) is 97.4 Å². The summed E-state index contributed by atoms with van der Waals surface area (Å²) in [5, 5.41) is 15.2. The summed E-state index contributed by atoms with van der Waals surface area (Å²) in [4.78, 5) is 38.3. The lowest BCUT2D eigenvalue weighted by atomic mass is 9.70. The van der Waals surface area contributed by atoms with Gasteiger partial charge in [-0.15, -0.1) is 0 Å². The second-order valence-corrected chi connectivity index (χ2v) is 12.2. The number of hydrogen-bond donors (Lipinski definition) is 6. The number of hydrogen-bond acceptors (Lipinski definition) is 6. The number of aliphatic carboxylic acids is 1. The average molecular weight is 492 g/mol. The van der Waals surface area contributed by atoms with Crippen molar-refractivity contribution >= 4 is 17.8 Å². The van der Waals surface area contributed by atoms with E-state index in [9.17, 15) is 19.5 Å². The zero-order chi connectivity index (χ0) is 27.4. The van der Waals surface area contributed by atoms with Gasteiger partial charge in [0, 0.05) is 22.9 Å². The molecule has 9 heteroatoms. The van der Waals surface area contributed by atoms with E-state index < -0.39 is 51.9 Å². The maximum atomic E-state index is 13.5. The maximum Gasteiger partial charge on any atom is 0.321 e. The molecular weight excluding hydrogens is 446 g/mol. The van der Waals surface area contributed by atoms with Crippen LogP contribution in [0.1, 0.15) is 67.4 Å². The lowest BCUT2D eigenvalue weighted by Crippen LogP contribution is -2.69. The van der Waals surface area contributed by atoms with E-state index in [-0.39, 0.29) is 18.7 Å². The molecule has 0 spiro atoms. The van der Waals surface area contributed by atoms with Crippen molar-refractivity contribution in [1.82, 2.24) is 10.6 Å². The van der Waals surface area contributed by atoms with E-state index in [1.807, 2.05) is 30.3 Å². The van der Waals surface area contributed by atoms with E-state index in [4.69, 9.17) is 17.2 Å². The Bertz CT molecular complexity index is 871. The van der Waals surface area contributed by atoms with Crippen molar-refractivity contribution in [3.8, 4) is 0 Å². The van der Waals surface area contributed by atoms with Gasteiger partial charge in [-0.25, -0.2) is 0 Å². The molecule has 0 aliphatic carbocycles. The molecule has 0 bridgehead atoms. The van der Waals surface area contributed by atoms with E-state index in [1.165, 1.54) is 0 Å². The predicted molar refractivity (Wildman–Crippen MR) is 138 cm³/mol. The van der Waals surface area contributed by atoms with Crippen molar-refractivity contribution in [3.05, 3.63) is 35.9 Å². The zero-order valence-corrected chi connectivity index (χ0v) is 22.4. The molecule has 0 saturated heterocycles. The summed E-state index contributed by atoms with van der Waals surface area (Å²) in [6.07, 6.45) is 0.461. The van der Waals surface area contributed by atoms with Crippen LogP contribution in [-0.4, -0.2) is 52.1 Å². The van der Waals surface area contributed by atoms with E-state index in [2.05, 4.69) is 10.6 Å². The van der Waals surface area contributed by atoms with Crippen molar-refractivity contribution in [2.75, 3.05) is 0 Å². The van der Waals surface area contributed by atoms with Gasteiger partial charge in [0.1, 0.15) is 12.1 Å². The molecule has 0 heterocycles. The molecule has 0 saturated carbocycles. The summed E-state index contributed by atoms with van der Waals surface area (Å²) in [6, 6.07) is 6.75. The number of carboxylic acid groups (broad SMARTS) is 1. The van der Waals surface area contributed by atoms with Crippen molar-refractivity contribution in [3.63, 3.8) is 0 Å². The molecule has 2 atom stereocenters. The third kappa shape index (κ3) is 8.91. The minimum Gasteiger partial charge on any atom is -0.480 e. The minimum absolute atomic E-state index is 0.202. The van der Waals surface area contributed by atoms with Crippen molar-refractivity contribution < 1.29 is 19.5 Å². The first kappa shape index (κ1) is 30.5. The largest absolute Gasteiger partial charge is 0.480 e. The molecule has 1 aromatic rings. The van der Waals surface area contributed by atoms with Gasteiger partial charge in [-0.1, -0.05) is 58.0 Å². The highest BCUT2D eigenvalue weighted by Gasteiger charge is 2.42. The second-order valence-electron chi connectivity index (χ2n) is 12.2. The van der Waals surface area contributed by atoms with Crippen LogP contribution in [0.4, 0.5) is 0 Å². The van der Waals surface area contributed by atoms with Crippen molar-refractivity contribution in [1.29, 1.82) is 0 Å². The normalized spacial score (nSPS) is 14.9. The summed E-state index contributed by atoms with van der Waals surface area (Å²) in [6.45, 7) is 14.0. The van der Waals surface area contributed by atoms with E-state index in [1.54, 1.807) is 55.4 Å². The molecular formula is C26H45N5O4. The van der Waals surface area contributed by atoms with Gasteiger partial charge in [0.15, 0.2) is 0 Å². The molecule has 0 radical (unpaired) electrons. The Morgan fingerprint density at radius 1 is 0.886 bits per heavy atom. The van der Waals surface area contributed by atoms with Gasteiger partial charge < -0.3 is 32.9 Å². The van der Waals surface area contributed by atoms with Gasteiger partial charge >= 0.3 is 5.97 Å². The maximum absolute atomic E-state index is 13.5. The van der Waals surface area contributed by atoms with Crippen LogP contribution in [0.3, 0.4) is 0 Å². The molecule has 1 rings (SSSR count). The lowest BCUT2D eigenvalue weighted by Gasteiger charge is -2.41. The van der Waals surface area contributed by atoms with Gasteiger partial charge in [-0.05, 0) is 45.1 Å². The molecule has 0 unspecified atom stereocenters. The summed E-state index contributed by atoms with van der Waals surface area (Å²) < 4.78 is 0. The summed E-state index contributed by atoms with van der Waals surface area (Å²) in [5.74, 6) is -1.91. The Labute approximate surface area is 209 Å². The molecule has 0 fully saturated rings. The number of nitrogens with one attached hydrogen (secondary N) is 2. The quantitative estimate of drug-likeness (QED) is 0.257. The standard InChI is InChI=1S/C26H45N5O4/c1-23(2,18(27)20(33)34)15-24(3,4)22(35)30-17(14-16-12-10-9-11-13-16)19(32)31-21(25(5,6)28)26(7,8)29/h9-13,17-18,21H,14-15,27-29H2,1-8H3,(H,30,35)(H,31,32)(H,33,34)/t17-,18+/m0/s1. The number of benzene rings is 1. The molecule has 1 aromatic carbocycles. The molecule has 2 amide bonds. The van der Waals surface area contributed by atoms with Gasteiger partial charge in [0.2, 0.25) is 11.8 Å². The smallest absolute Gasteiger partial charge is 0.321 e. The van der Waals surface area contributed by atoms with Gasteiger partial charge in [-0.3, -0.25) is 14.4 Å². The number of rotatable bonds is 12. The molecule has 9 N–H and O–H groups in total. The molecule has 0 aromatic heterocycles. The van der Waals surface area contributed by atoms with Crippen LogP contribution in [0.2, 0.25) is 0 Å². The zero-order valence-electron chi connectivity index (χ0n) is 22.4. The average Bonchev–Trinajstić information content (AvgIpc) is 2.68. The number of carboxylic acids is 1. The minimum atomic E-state index is -1.14. The van der Waals surface area contributed by atoms with Crippen LogP contribution >= 0.6 is 0 Å². The highest BCUT2D eigenvalue weighted by molar-refractivity contribution is 5.90. The van der Waals surface area contributed by atoms with Crippen molar-refractivity contribution in [2.24, 2.45) is 28.0 Å². The number of carbonyl (C=O) groups is 3. The van der Waals surface area contributed by atoms with Crippen LogP contribution in [-0.2, 0) is 20.8 Å². The summed E-state index contributed by atoms with van der Waals surface area (Å²) >= 11 is 0. The number of nitrogens with two attached hydrogens (primary N) is 3. The monoisotopic (exact) mass is 491 g/mol. The first-order valence-corrected chi connectivity index (χ1v) is 11.9. The Morgan fingerprint density at radius 3 is 1.80 bits per heavy atom. The van der Waals surface area contributed by atoms with Crippen LogP contribution < -0.4 is 27.8 Å². The highest BCUT2D eigenvalue weighted by Crippen LogP contribution is 2.36. The third-order valence-corrected chi connectivity index (χ3v) is 6.30. The van der Waals surface area contributed by atoms with E-state index in [0.717, 1.165) is 5.56 Å². The SMILES string of the molecule is CC(C)(CC(C)(C)[C@H](N)C(=O)O)C(=O)N[C@@H](Cc1ccccc1)C(=O)NC(C(C)(C)N)C(C)(C)N. The Morgan fingerprint density at radius 2 is 1.37 bits per heavy atom. The topological polar surface area (TPSA) is 174 Å². The fourth-order valence-corrected chi connectivity index (χ4v) is 4.65. The predicted octanol–water partition coefficient (Wildman–Crippen LogP) is 1.53. The Kier molecular flexibility index (Phi) is 9.65. The Hall–Kier alpha value is -2.49. The molecule has 0 aliphatic rings. The van der Waals surface area contributed by atoms with Gasteiger partial charge in [0.25, 0.3) is 0 Å². The fraction of sp³-hybridized carbons (Fsp3) is 0.654. The third-order valence-electron chi connectivity index (χ3n) is 6.30. The van der Waals surface area contributed by atoms with Crippen LogP contribution in [0, 0.1) is 10.8 Å². The first-order chi connectivity index (χ1) is 15.7. The highest BCUT2D eigenvalue weighted by atomic mass is 16.4. The molecule has 0 aliphatic heterocycles. The van der Waals surface area contributed by atoms with E-state index >= 15 is 0 Å². The molecule has 198 valence electrons. The Balaban J connectivity index is 3.22. The lowest BCUT2D eigenvalue weighted by molar-refractivity contribution is -0.143. The summed E-state index contributed by atoms with van der Waals surface area (Å²) in [7, 11) is 0. The van der Waals surface area contributed by atoms with Gasteiger partial charge in [0.05, 0.1) is 6.04 Å². The molecule has 9 nitrogen and oxygen atoms in total. The number of amides is 2. The fourth-order valence-electron chi connectivity index (χ4n) is 4.65. The van der Waals surface area contributed by atoms with Crippen LogP contribution in [0.15, 0.2) is 30.3 Å².